The molecule has 0 aromatic carbocycles. The van der Waals surface area contributed by atoms with Gasteiger partial charge in [-0.15, -0.1) is 0 Å². The maximum Gasteiger partial charge on any atom is -0.0286 e. The second-order valence-electron chi connectivity index (χ2n) is 18.8. The third-order valence-corrected chi connectivity index (χ3v) is 13.3. The Morgan fingerprint density at radius 1 is 0.268 bits per heavy atom. The predicted octanol–water partition coefficient (Wildman–Crippen LogP) is 20.2. The predicted molar refractivity (Wildman–Crippen MR) is 256 cm³/mol. The molecule has 2 unspecified atom stereocenters. The van der Waals surface area contributed by atoms with E-state index < -0.39 is 0 Å². The molecule has 0 spiro atoms. The van der Waals surface area contributed by atoms with Crippen molar-refractivity contribution in [2.24, 2.45) is 11.8 Å². The lowest BCUT2D eigenvalue weighted by Crippen LogP contribution is -2.01. The molecule has 0 heteroatoms. The molecule has 0 radical (unpaired) electrons. The highest BCUT2D eigenvalue weighted by atomic mass is 14.4. The standard InChI is InChI=1S/4C12H22.C8H12/c4*1-2-4-6-8-10-12-11-9-7-5-3-1;1-6-4-7-2-3-8(6)5-7/h4*1-2H,3-12H2;2,6,8H,3-5H2,1H3/b4*2-1+;. The molecule has 0 N–H and O–H groups in total. The van der Waals surface area contributed by atoms with Crippen LogP contribution in [-0.2, 0) is 0 Å². The summed E-state index contributed by atoms with van der Waals surface area (Å²) < 4.78 is 0. The van der Waals surface area contributed by atoms with Crippen LogP contribution in [0, 0.1) is 11.8 Å². The van der Waals surface area contributed by atoms with E-state index in [0.29, 0.717) is 0 Å². The quantitative estimate of drug-likeness (QED) is 0.215. The Morgan fingerprint density at radius 2 is 0.464 bits per heavy atom. The summed E-state index contributed by atoms with van der Waals surface area (Å²) >= 11 is 0. The number of fused-ring (bicyclic) bond motifs is 2. The zero-order valence-corrected chi connectivity index (χ0v) is 38.3. The molecular weight excluding hydrogens is 673 g/mol. The van der Waals surface area contributed by atoms with Gasteiger partial charge >= 0.3 is 0 Å². The lowest BCUT2D eigenvalue weighted by Gasteiger charge is -2.11. The van der Waals surface area contributed by atoms with Crippen molar-refractivity contribution in [2.45, 2.75) is 283 Å². The normalized spacial score (nSPS) is 27.8. The highest BCUT2D eigenvalue weighted by Crippen LogP contribution is 2.43. The Balaban J connectivity index is 0.000000243. The van der Waals surface area contributed by atoms with Crippen molar-refractivity contribution in [3.05, 3.63) is 60.3 Å². The van der Waals surface area contributed by atoms with Gasteiger partial charge in [-0.05, 0) is 134 Å². The fourth-order valence-electron chi connectivity index (χ4n) is 9.28. The van der Waals surface area contributed by atoms with Gasteiger partial charge in [0, 0.05) is 0 Å². The Morgan fingerprint density at radius 3 is 0.589 bits per heavy atom. The second kappa shape index (κ2) is 41.8. The molecule has 6 aliphatic rings. The van der Waals surface area contributed by atoms with E-state index in [1.54, 1.807) is 5.57 Å². The maximum atomic E-state index is 2.44. The van der Waals surface area contributed by atoms with E-state index in [4.69, 9.17) is 0 Å². The first-order valence-corrected chi connectivity index (χ1v) is 26.1. The molecule has 1 fully saturated rings. The third kappa shape index (κ3) is 34.7. The SMILES string of the molecule is C1=C/CCCCCCCCCC/1.C1=C/CCCCCCCCCC/1.C1=C/CCCCCCCCCC/1.C1=C/CCCCCCCCCC/1.CC1CC2=CCC1C2. The van der Waals surface area contributed by atoms with E-state index in [-0.39, 0.29) is 0 Å². The minimum atomic E-state index is 1.01. The van der Waals surface area contributed by atoms with Gasteiger partial charge < -0.3 is 0 Å². The third-order valence-electron chi connectivity index (χ3n) is 13.3. The largest absolute Gasteiger partial charge is 0.0885 e. The summed E-state index contributed by atoms with van der Waals surface area (Å²) in [6.45, 7) is 2.38. The van der Waals surface area contributed by atoms with E-state index in [0.717, 1.165) is 11.8 Å². The molecule has 0 aliphatic heterocycles. The van der Waals surface area contributed by atoms with E-state index in [2.05, 4.69) is 61.6 Å². The Hall–Kier alpha value is -1.30. The molecule has 2 atom stereocenters. The molecule has 0 amide bonds. The van der Waals surface area contributed by atoms with E-state index >= 15 is 0 Å². The second-order valence-corrected chi connectivity index (χ2v) is 18.8. The molecule has 6 rings (SSSR count). The van der Waals surface area contributed by atoms with Gasteiger partial charge in [0.05, 0.1) is 0 Å². The van der Waals surface area contributed by atoms with Gasteiger partial charge in [0.15, 0.2) is 0 Å². The molecule has 0 aromatic rings. The lowest BCUT2D eigenvalue weighted by molar-refractivity contribution is 0.424. The summed E-state index contributed by atoms with van der Waals surface area (Å²) in [5.74, 6) is 2.06. The van der Waals surface area contributed by atoms with Crippen LogP contribution in [0.15, 0.2) is 60.3 Å². The van der Waals surface area contributed by atoms with Crippen LogP contribution >= 0.6 is 0 Å². The number of hydrogen-bond acceptors (Lipinski definition) is 0. The summed E-state index contributed by atoms with van der Waals surface area (Å²) in [6.07, 6.45) is 82.7. The van der Waals surface area contributed by atoms with Crippen LogP contribution in [0.25, 0.3) is 0 Å². The fourth-order valence-corrected chi connectivity index (χ4v) is 9.28. The van der Waals surface area contributed by atoms with Crippen LogP contribution in [0.1, 0.15) is 283 Å². The van der Waals surface area contributed by atoms with Crippen molar-refractivity contribution in [2.75, 3.05) is 0 Å². The Bertz CT molecular complexity index is 767. The molecular formula is C56H100. The van der Waals surface area contributed by atoms with Crippen LogP contribution in [-0.4, -0.2) is 0 Å². The zero-order chi connectivity index (χ0) is 39.5. The molecule has 2 bridgehead atoms. The maximum absolute atomic E-state index is 2.44. The van der Waals surface area contributed by atoms with Crippen LogP contribution in [0.4, 0.5) is 0 Å². The summed E-state index contributed by atoms with van der Waals surface area (Å²) in [6, 6.07) is 0. The number of hydrogen-bond donors (Lipinski definition) is 0. The zero-order valence-electron chi connectivity index (χ0n) is 38.3. The van der Waals surface area contributed by atoms with Crippen molar-refractivity contribution >= 4 is 0 Å². The first kappa shape index (κ1) is 50.8. The minimum Gasteiger partial charge on any atom is -0.0885 e. The average Bonchev–Trinajstić information content (AvgIpc) is 3.80. The van der Waals surface area contributed by atoms with Crippen molar-refractivity contribution in [3.63, 3.8) is 0 Å². The van der Waals surface area contributed by atoms with Gasteiger partial charge in [-0.2, -0.15) is 0 Å². The van der Waals surface area contributed by atoms with Gasteiger partial charge in [-0.25, -0.2) is 0 Å². The highest BCUT2D eigenvalue weighted by Gasteiger charge is 2.30. The van der Waals surface area contributed by atoms with Crippen LogP contribution in [0.5, 0.6) is 0 Å². The van der Waals surface area contributed by atoms with Gasteiger partial charge in [0.2, 0.25) is 0 Å². The summed E-state index contributed by atoms with van der Waals surface area (Å²) in [7, 11) is 0. The smallest absolute Gasteiger partial charge is 0.0286 e. The van der Waals surface area contributed by atoms with Crippen molar-refractivity contribution in [1.29, 1.82) is 0 Å². The summed E-state index contributed by atoms with van der Waals surface area (Å²) in [5.41, 5.74) is 1.74. The van der Waals surface area contributed by atoms with Gasteiger partial charge in [0.1, 0.15) is 0 Å². The molecule has 0 aromatic heterocycles. The molecule has 324 valence electrons. The van der Waals surface area contributed by atoms with Crippen molar-refractivity contribution < 1.29 is 0 Å². The van der Waals surface area contributed by atoms with E-state index in [1.807, 2.05) is 0 Å². The van der Waals surface area contributed by atoms with Gasteiger partial charge in [-0.1, -0.05) is 221 Å². The van der Waals surface area contributed by atoms with Crippen molar-refractivity contribution in [1.82, 2.24) is 0 Å². The highest BCUT2D eigenvalue weighted by molar-refractivity contribution is 5.17. The topological polar surface area (TPSA) is 0 Å². The molecule has 0 nitrogen and oxygen atoms in total. The molecule has 6 aliphatic carbocycles. The first-order chi connectivity index (χ1) is 27.9. The fraction of sp³-hybridized carbons (Fsp3) is 0.821. The molecule has 1 saturated carbocycles. The van der Waals surface area contributed by atoms with Crippen LogP contribution < -0.4 is 0 Å². The molecule has 0 heterocycles. The van der Waals surface area contributed by atoms with E-state index in [9.17, 15) is 0 Å². The van der Waals surface area contributed by atoms with Crippen LogP contribution in [0.3, 0.4) is 0 Å². The monoisotopic (exact) mass is 773 g/mol. The van der Waals surface area contributed by atoms with Crippen molar-refractivity contribution in [3.8, 4) is 0 Å². The molecule has 56 heavy (non-hydrogen) atoms. The van der Waals surface area contributed by atoms with Gasteiger partial charge in [0.25, 0.3) is 0 Å². The lowest BCUT2D eigenvalue weighted by atomic mass is 9.94. The number of rotatable bonds is 0. The average molecular weight is 773 g/mol. The minimum absolute atomic E-state index is 1.01. The van der Waals surface area contributed by atoms with E-state index in [1.165, 1.54) is 276 Å². The summed E-state index contributed by atoms with van der Waals surface area (Å²) in [4.78, 5) is 0. The Labute approximate surface area is 353 Å². The van der Waals surface area contributed by atoms with Crippen LogP contribution in [0.2, 0.25) is 0 Å². The van der Waals surface area contributed by atoms with Gasteiger partial charge in [-0.3, -0.25) is 0 Å². The molecule has 0 saturated heterocycles. The Kier molecular flexibility index (Phi) is 38.0. The summed E-state index contributed by atoms with van der Waals surface area (Å²) in [5, 5.41) is 0. The number of allylic oxidation sites excluding steroid dienone is 10. The first-order valence-electron chi connectivity index (χ1n) is 26.1.